The second-order valence-corrected chi connectivity index (χ2v) is 9.58. The van der Waals surface area contributed by atoms with Crippen molar-refractivity contribution in [3.63, 3.8) is 0 Å². The van der Waals surface area contributed by atoms with Gasteiger partial charge < -0.3 is 25.1 Å². The molecule has 0 saturated heterocycles. The minimum Gasteiger partial charge on any atom is -0.454 e. The summed E-state index contributed by atoms with van der Waals surface area (Å²) in [6, 6.07) is 3.90. The summed E-state index contributed by atoms with van der Waals surface area (Å²) >= 11 is 2.28. The van der Waals surface area contributed by atoms with Gasteiger partial charge in [0, 0.05) is 34.3 Å². The third-order valence-electron chi connectivity index (χ3n) is 4.79. The molecule has 158 valence electrons. The number of nitrogen functional groups attached to an aromatic ring is 1. The molecule has 1 aromatic carbocycles. The number of hydrogen-bond donors (Lipinski definition) is 2. The maximum absolute atomic E-state index is 6.08. The van der Waals surface area contributed by atoms with E-state index in [1.165, 1.54) is 6.33 Å². The van der Waals surface area contributed by atoms with Gasteiger partial charge in [0.2, 0.25) is 6.79 Å². The van der Waals surface area contributed by atoms with E-state index in [1.54, 1.807) is 0 Å². The molecule has 1 aliphatic rings. The lowest BCUT2D eigenvalue weighted by atomic mass is 9.97. The van der Waals surface area contributed by atoms with Crippen molar-refractivity contribution in [2.24, 2.45) is 5.41 Å². The molecule has 3 heterocycles. The highest BCUT2D eigenvalue weighted by Crippen LogP contribution is 2.39. The molecule has 0 saturated carbocycles. The Morgan fingerprint density at radius 2 is 2.00 bits per heavy atom. The van der Waals surface area contributed by atoms with Gasteiger partial charge in [-0.1, -0.05) is 27.4 Å². The van der Waals surface area contributed by atoms with Crippen LogP contribution in [0.25, 0.3) is 16.7 Å². The van der Waals surface area contributed by atoms with Gasteiger partial charge in [0.15, 0.2) is 28.5 Å². The van der Waals surface area contributed by atoms with Gasteiger partial charge in [-0.15, -0.1) is 0 Å². The molecule has 0 atom stereocenters. The van der Waals surface area contributed by atoms with E-state index in [-0.39, 0.29) is 12.2 Å². The van der Waals surface area contributed by atoms with Crippen LogP contribution in [0.2, 0.25) is 0 Å². The molecule has 3 aromatic rings. The molecule has 0 bridgehead atoms. The van der Waals surface area contributed by atoms with Crippen molar-refractivity contribution in [3.05, 3.63) is 40.0 Å². The molecule has 3 N–H and O–H groups in total. The van der Waals surface area contributed by atoms with Gasteiger partial charge in [0.1, 0.15) is 12.2 Å². The topological polar surface area (TPSA) is 100 Å². The summed E-state index contributed by atoms with van der Waals surface area (Å²) in [7, 11) is 0. The largest absolute Gasteiger partial charge is 0.454 e. The van der Waals surface area contributed by atoms with Gasteiger partial charge in [0.05, 0.1) is 0 Å². The number of nitrogens with zero attached hydrogens (tertiary/aromatic N) is 4. The fraction of sp³-hybridized carbons (Fsp3) is 0.381. The maximum atomic E-state index is 6.08. The molecule has 0 unspecified atom stereocenters. The second-order valence-electron chi connectivity index (χ2n) is 8.42. The zero-order valence-corrected chi connectivity index (χ0v) is 19.5. The maximum Gasteiger partial charge on any atom is 0.231 e. The van der Waals surface area contributed by atoms with Crippen molar-refractivity contribution in [2.75, 3.05) is 25.6 Å². The molecule has 9 heteroatoms. The van der Waals surface area contributed by atoms with Crippen molar-refractivity contribution in [2.45, 2.75) is 27.3 Å². The Morgan fingerprint density at radius 3 is 2.73 bits per heavy atom. The van der Waals surface area contributed by atoms with Crippen LogP contribution in [0.1, 0.15) is 32.2 Å². The first kappa shape index (κ1) is 20.9. The molecule has 8 nitrogen and oxygen atoms in total. The van der Waals surface area contributed by atoms with E-state index in [1.807, 2.05) is 16.7 Å². The lowest BCUT2D eigenvalue weighted by Gasteiger charge is -2.19. The zero-order valence-electron chi connectivity index (χ0n) is 17.3. The Bertz CT molecular complexity index is 1120. The van der Waals surface area contributed by atoms with Gasteiger partial charge in [-0.25, -0.2) is 15.0 Å². The van der Waals surface area contributed by atoms with Crippen LogP contribution < -0.4 is 20.5 Å². The number of ether oxygens (including phenoxy) is 2. The zero-order chi connectivity index (χ0) is 21.5. The fourth-order valence-electron chi connectivity index (χ4n) is 3.32. The third kappa shape index (κ3) is 4.08. The number of aromatic nitrogens is 4. The first-order chi connectivity index (χ1) is 14.2. The summed E-state index contributed by atoms with van der Waals surface area (Å²) in [5, 5.41) is 3.50. The Balaban J connectivity index is 1.71. The number of rotatable bonds is 6. The number of hydrogen-bond acceptors (Lipinski definition) is 7. The number of halogens is 1. The molecule has 0 spiro atoms. The highest BCUT2D eigenvalue weighted by Gasteiger charge is 2.22. The van der Waals surface area contributed by atoms with E-state index in [0.717, 1.165) is 33.5 Å². The van der Waals surface area contributed by atoms with Crippen LogP contribution in [0, 0.1) is 8.99 Å². The first-order valence-electron chi connectivity index (χ1n) is 9.71. The van der Waals surface area contributed by atoms with Crippen molar-refractivity contribution in [1.29, 1.82) is 0 Å². The predicted molar refractivity (Wildman–Crippen MR) is 125 cm³/mol. The SMILES string of the molecule is C=C(c1cc2c(cc1I)OCO2)c1nc2c(N)ncnc2n1CCNCC(C)(C)C. The van der Waals surface area contributed by atoms with Gasteiger partial charge >= 0.3 is 0 Å². The normalized spacial score (nSPS) is 13.2. The minimum absolute atomic E-state index is 0.207. The molecule has 0 amide bonds. The summed E-state index contributed by atoms with van der Waals surface area (Å²) in [6.45, 7) is 13.5. The summed E-state index contributed by atoms with van der Waals surface area (Å²) < 4.78 is 14.1. The molecule has 0 aliphatic carbocycles. The smallest absolute Gasteiger partial charge is 0.231 e. The van der Waals surface area contributed by atoms with Crippen LogP contribution >= 0.6 is 22.6 Å². The Hall–Kier alpha value is -2.40. The van der Waals surface area contributed by atoms with Crippen LogP contribution in [-0.4, -0.2) is 39.4 Å². The predicted octanol–water partition coefficient (Wildman–Crippen LogP) is 3.44. The van der Waals surface area contributed by atoms with E-state index in [4.69, 9.17) is 20.2 Å². The van der Waals surface area contributed by atoms with Crippen molar-refractivity contribution in [3.8, 4) is 11.5 Å². The molecule has 0 fully saturated rings. The molecule has 0 radical (unpaired) electrons. The van der Waals surface area contributed by atoms with E-state index in [0.29, 0.717) is 35.1 Å². The summed E-state index contributed by atoms with van der Waals surface area (Å²) in [6.07, 6.45) is 1.47. The van der Waals surface area contributed by atoms with Crippen LogP contribution in [-0.2, 0) is 6.54 Å². The lowest BCUT2D eigenvalue weighted by molar-refractivity contribution is 0.174. The Kier molecular flexibility index (Phi) is 5.58. The molecule has 2 aromatic heterocycles. The standard InChI is InChI=1S/C21H25IN6O2/c1-12(13-7-15-16(8-14(13)22)30-11-29-15)19-27-17-18(23)25-10-26-20(17)28(19)6-5-24-9-21(2,3)4/h7-8,10,24H,1,5-6,9,11H2,2-4H3,(H2,23,25,26). The molecule has 1 aliphatic heterocycles. The highest BCUT2D eigenvalue weighted by atomic mass is 127. The van der Waals surface area contributed by atoms with Crippen molar-refractivity contribution >= 4 is 45.1 Å². The van der Waals surface area contributed by atoms with E-state index < -0.39 is 0 Å². The van der Waals surface area contributed by atoms with Crippen LogP contribution in [0.15, 0.2) is 25.0 Å². The monoisotopic (exact) mass is 520 g/mol. The fourth-order valence-corrected chi connectivity index (χ4v) is 4.08. The lowest BCUT2D eigenvalue weighted by Crippen LogP contribution is -2.29. The quantitative estimate of drug-likeness (QED) is 0.380. The van der Waals surface area contributed by atoms with Gasteiger partial charge in [-0.3, -0.25) is 0 Å². The van der Waals surface area contributed by atoms with E-state index in [2.05, 4.69) is 65.2 Å². The second kappa shape index (κ2) is 8.03. The average molecular weight is 520 g/mol. The third-order valence-corrected chi connectivity index (χ3v) is 5.68. The molecular formula is C21H25IN6O2. The number of fused-ring (bicyclic) bond motifs is 2. The van der Waals surface area contributed by atoms with Crippen LogP contribution in [0.5, 0.6) is 11.5 Å². The van der Waals surface area contributed by atoms with Crippen molar-refractivity contribution in [1.82, 2.24) is 24.8 Å². The van der Waals surface area contributed by atoms with E-state index >= 15 is 0 Å². The minimum atomic E-state index is 0.207. The Labute approximate surface area is 189 Å². The van der Waals surface area contributed by atoms with Crippen LogP contribution in [0.4, 0.5) is 5.82 Å². The summed E-state index contributed by atoms with van der Waals surface area (Å²) in [5.41, 5.74) is 9.28. The molecular weight excluding hydrogens is 495 g/mol. The van der Waals surface area contributed by atoms with Gasteiger partial charge in [-0.05, 0) is 40.1 Å². The van der Waals surface area contributed by atoms with E-state index in [9.17, 15) is 0 Å². The van der Waals surface area contributed by atoms with Crippen molar-refractivity contribution < 1.29 is 9.47 Å². The number of imidazole rings is 1. The van der Waals surface area contributed by atoms with Gasteiger partial charge in [0.25, 0.3) is 0 Å². The first-order valence-corrected chi connectivity index (χ1v) is 10.8. The summed E-state index contributed by atoms with van der Waals surface area (Å²) in [4.78, 5) is 13.3. The summed E-state index contributed by atoms with van der Waals surface area (Å²) in [5.74, 6) is 2.52. The molecule has 4 rings (SSSR count). The molecule has 30 heavy (non-hydrogen) atoms. The highest BCUT2D eigenvalue weighted by molar-refractivity contribution is 14.1. The number of anilines is 1. The van der Waals surface area contributed by atoms with Crippen LogP contribution in [0.3, 0.4) is 0 Å². The average Bonchev–Trinajstić information content (AvgIpc) is 3.28. The number of benzene rings is 1. The number of nitrogens with one attached hydrogen (secondary N) is 1. The Morgan fingerprint density at radius 1 is 1.27 bits per heavy atom. The number of nitrogens with two attached hydrogens (primary N) is 1. The van der Waals surface area contributed by atoms with Gasteiger partial charge in [-0.2, -0.15) is 0 Å².